The van der Waals surface area contributed by atoms with Crippen LogP contribution in [0, 0.1) is 12.8 Å². The van der Waals surface area contributed by atoms with Crippen LogP contribution in [0.2, 0.25) is 0 Å². The summed E-state index contributed by atoms with van der Waals surface area (Å²) >= 11 is 0. The van der Waals surface area contributed by atoms with Crippen molar-refractivity contribution in [1.82, 2.24) is 5.32 Å². The fraction of sp³-hybridized carbons (Fsp3) is 0.480. The monoisotopic (exact) mass is 377 g/mol. The fourth-order valence-electron chi connectivity index (χ4n) is 3.80. The lowest BCUT2D eigenvalue weighted by Gasteiger charge is -2.21. The standard InChI is InChI=1S/C25H35N3/c1-6-8-22(9-7-2)26-18(4)21-11-10-17(3)25(16-21)27-19(5)23-14-15-24(28-23)20-12-13-20/h10-11,14,16,20,22,26-27H,4-9,12-13,15H2,1-3H3. The Kier molecular flexibility index (Phi) is 6.77. The van der Waals surface area contributed by atoms with Gasteiger partial charge >= 0.3 is 0 Å². The molecule has 0 aromatic heterocycles. The first-order valence-corrected chi connectivity index (χ1v) is 10.8. The Bertz CT molecular complexity index is 790. The Morgan fingerprint density at radius 3 is 2.50 bits per heavy atom. The summed E-state index contributed by atoms with van der Waals surface area (Å²) in [5, 5.41) is 7.13. The number of allylic oxidation sites excluding steroid dienone is 1. The van der Waals surface area contributed by atoms with Gasteiger partial charge in [0.05, 0.1) is 11.4 Å². The quantitative estimate of drug-likeness (QED) is 0.456. The van der Waals surface area contributed by atoms with Crippen LogP contribution in [0.1, 0.15) is 69.9 Å². The number of anilines is 1. The molecule has 1 fully saturated rings. The second-order valence-electron chi connectivity index (χ2n) is 8.20. The van der Waals surface area contributed by atoms with Gasteiger partial charge in [0.25, 0.3) is 0 Å². The Hall–Kier alpha value is -2.29. The highest BCUT2D eigenvalue weighted by atomic mass is 15.0. The average molecular weight is 378 g/mol. The molecule has 1 aromatic carbocycles. The lowest BCUT2D eigenvalue weighted by atomic mass is 10.0. The molecule has 1 aliphatic carbocycles. The van der Waals surface area contributed by atoms with Crippen LogP contribution in [-0.2, 0) is 0 Å². The van der Waals surface area contributed by atoms with E-state index in [-0.39, 0.29) is 0 Å². The molecule has 0 radical (unpaired) electrons. The Morgan fingerprint density at radius 1 is 1.14 bits per heavy atom. The van der Waals surface area contributed by atoms with Crippen LogP contribution >= 0.6 is 0 Å². The number of aliphatic imine (C=N–C) groups is 1. The smallest absolute Gasteiger partial charge is 0.0821 e. The van der Waals surface area contributed by atoms with Crippen molar-refractivity contribution < 1.29 is 0 Å². The topological polar surface area (TPSA) is 36.4 Å². The highest BCUT2D eigenvalue weighted by Gasteiger charge is 2.29. The molecule has 3 heteroatoms. The normalized spacial score (nSPS) is 16.0. The molecule has 28 heavy (non-hydrogen) atoms. The molecule has 3 rings (SSSR count). The van der Waals surface area contributed by atoms with E-state index in [0.717, 1.165) is 40.7 Å². The molecule has 150 valence electrons. The number of hydrogen-bond donors (Lipinski definition) is 2. The van der Waals surface area contributed by atoms with E-state index in [1.807, 2.05) is 0 Å². The van der Waals surface area contributed by atoms with Crippen LogP contribution in [0.3, 0.4) is 0 Å². The summed E-state index contributed by atoms with van der Waals surface area (Å²) in [5.41, 5.74) is 7.60. The van der Waals surface area contributed by atoms with Gasteiger partial charge in [-0.2, -0.15) is 0 Å². The summed E-state index contributed by atoms with van der Waals surface area (Å²) < 4.78 is 0. The molecule has 1 aromatic rings. The SMILES string of the molecule is C=C(Nc1cc(C(=C)NC(CCC)CCC)ccc1C)C1=CCC(C2CC2)=N1. The van der Waals surface area contributed by atoms with E-state index in [4.69, 9.17) is 4.99 Å². The third kappa shape index (κ3) is 5.15. The molecule has 1 aliphatic heterocycles. The van der Waals surface area contributed by atoms with E-state index in [9.17, 15) is 0 Å². The Labute approximate surface area is 170 Å². The van der Waals surface area contributed by atoms with Gasteiger partial charge in [-0.05, 0) is 55.7 Å². The van der Waals surface area contributed by atoms with Crippen molar-refractivity contribution in [2.45, 2.75) is 71.8 Å². The minimum absolute atomic E-state index is 0.494. The van der Waals surface area contributed by atoms with Crippen molar-refractivity contribution in [2.24, 2.45) is 10.9 Å². The zero-order chi connectivity index (χ0) is 20.1. The lowest BCUT2D eigenvalue weighted by molar-refractivity contribution is 0.502. The van der Waals surface area contributed by atoms with Crippen LogP contribution in [0.15, 0.2) is 53.8 Å². The molecule has 2 N–H and O–H groups in total. The first-order chi connectivity index (χ1) is 13.5. The van der Waals surface area contributed by atoms with Gasteiger partial charge in [0.1, 0.15) is 0 Å². The molecule has 1 heterocycles. The maximum atomic E-state index is 4.80. The molecule has 3 nitrogen and oxygen atoms in total. The summed E-state index contributed by atoms with van der Waals surface area (Å²) in [5.74, 6) is 0.722. The molecule has 0 atom stereocenters. The number of hydrogen-bond acceptors (Lipinski definition) is 3. The zero-order valence-electron chi connectivity index (χ0n) is 17.8. The summed E-state index contributed by atoms with van der Waals surface area (Å²) in [6.07, 6.45) is 10.5. The molecule has 0 amide bonds. The number of nitrogens with zero attached hydrogens (tertiary/aromatic N) is 1. The maximum absolute atomic E-state index is 4.80. The van der Waals surface area contributed by atoms with Gasteiger partial charge in [0.2, 0.25) is 0 Å². The summed E-state index contributed by atoms with van der Waals surface area (Å²) in [4.78, 5) is 4.80. The first-order valence-electron chi connectivity index (χ1n) is 10.8. The summed E-state index contributed by atoms with van der Waals surface area (Å²) in [7, 11) is 0. The van der Waals surface area contributed by atoms with Gasteiger partial charge in [0, 0.05) is 29.6 Å². The van der Waals surface area contributed by atoms with Crippen molar-refractivity contribution in [3.63, 3.8) is 0 Å². The molecular formula is C25H35N3. The minimum Gasteiger partial charge on any atom is -0.382 e. The predicted molar refractivity (Wildman–Crippen MR) is 123 cm³/mol. The highest BCUT2D eigenvalue weighted by Crippen LogP contribution is 2.36. The molecule has 0 spiro atoms. The van der Waals surface area contributed by atoms with Crippen molar-refractivity contribution in [3.05, 3.63) is 60.0 Å². The third-order valence-electron chi connectivity index (χ3n) is 5.65. The summed E-state index contributed by atoms with van der Waals surface area (Å²) in [6, 6.07) is 6.96. The van der Waals surface area contributed by atoms with Crippen LogP contribution in [0.5, 0.6) is 0 Å². The van der Waals surface area contributed by atoms with E-state index in [0.29, 0.717) is 6.04 Å². The van der Waals surface area contributed by atoms with Crippen LogP contribution < -0.4 is 10.6 Å². The molecule has 0 bridgehead atoms. The molecule has 2 aliphatic rings. The van der Waals surface area contributed by atoms with E-state index in [1.54, 1.807) is 0 Å². The van der Waals surface area contributed by atoms with E-state index < -0.39 is 0 Å². The van der Waals surface area contributed by atoms with Gasteiger partial charge in [-0.15, -0.1) is 0 Å². The zero-order valence-corrected chi connectivity index (χ0v) is 17.8. The van der Waals surface area contributed by atoms with Crippen molar-refractivity contribution >= 4 is 17.1 Å². The van der Waals surface area contributed by atoms with Crippen LogP contribution in [-0.4, -0.2) is 11.8 Å². The predicted octanol–water partition coefficient (Wildman–Crippen LogP) is 6.59. The van der Waals surface area contributed by atoms with E-state index in [2.05, 4.69) is 68.8 Å². The second kappa shape index (κ2) is 9.27. The van der Waals surface area contributed by atoms with Gasteiger partial charge in [0.15, 0.2) is 0 Å². The first kappa shape index (κ1) is 20.4. The van der Waals surface area contributed by atoms with Gasteiger partial charge in [-0.25, -0.2) is 0 Å². The minimum atomic E-state index is 0.494. The molecule has 0 unspecified atom stereocenters. The number of benzene rings is 1. The molecular weight excluding hydrogens is 342 g/mol. The summed E-state index contributed by atoms with van der Waals surface area (Å²) in [6.45, 7) is 15.1. The van der Waals surface area contributed by atoms with Crippen molar-refractivity contribution in [1.29, 1.82) is 0 Å². The van der Waals surface area contributed by atoms with Crippen molar-refractivity contribution in [3.8, 4) is 0 Å². The second-order valence-corrected chi connectivity index (χ2v) is 8.20. The average Bonchev–Trinajstić information content (AvgIpc) is 3.40. The molecule has 0 saturated heterocycles. The maximum Gasteiger partial charge on any atom is 0.0821 e. The van der Waals surface area contributed by atoms with Crippen LogP contribution in [0.4, 0.5) is 5.69 Å². The third-order valence-corrected chi connectivity index (χ3v) is 5.65. The van der Waals surface area contributed by atoms with Gasteiger partial charge in [-0.1, -0.05) is 58.1 Å². The number of nitrogens with one attached hydrogen (secondary N) is 2. The van der Waals surface area contributed by atoms with E-state index in [1.165, 1.54) is 49.8 Å². The lowest BCUT2D eigenvalue weighted by Crippen LogP contribution is -2.27. The number of rotatable bonds is 11. The van der Waals surface area contributed by atoms with Crippen LogP contribution in [0.25, 0.3) is 5.70 Å². The molecule has 1 saturated carbocycles. The fourth-order valence-corrected chi connectivity index (χ4v) is 3.80. The highest BCUT2D eigenvalue weighted by molar-refractivity contribution is 5.93. The van der Waals surface area contributed by atoms with Gasteiger partial charge in [-0.3, -0.25) is 4.99 Å². The van der Waals surface area contributed by atoms with Gasteiger partial charge < -0.3 is 10.6 Å². The van der Waals surface area contributed by atoms with Crippen molar-refractivity contribution in [2.75, 3.05) is 5.32 Å². The number of aryl methyl sites for hydroxylation is 1. The Balaban J connectivity index is 1.67. The Morgan fingerprint density at radius 2 is 1.86 bits per heavy atom. The largest absolute Gasteiger partial charge is 0.382 e. The van der Waals surface area contributed by atoms with E-state index >= 15 is 0 Å².